The van der Waals surface area contributed by atoms with Gasteiger partial charge in [-0.2, -0.15) is 0 Å². The SMILES string of the molecule is CCCNC(=O)COc1ccc(C(C)NCC)cc1. The number of carbonyl (C=O) groups excluding carboxylic acids is 1. The summed E-state index contributed by atoms with van der Waals surface area (Å²) in [6, 6.07) is 8.16. The van der Waals surface area contributed by atoms with Crippen LogP contribution in [0.5, 0.6) is 5.75 Å². The van der Waals surface area contributed by atoms with Crippen molar-refractivity contribution in [1.82, 2.24) is 10.6 Å². The van der Waals surface area contributed by atoms with Crippen LogP contribution in [0.3, 0.4) is 0 Å². The van der Waals surface area contributed by atoms with Crippen LogP contribution < -0.4 is 15.4 Å². The fraction of sp³-hybridized carbons (Fsp3) is 0.533. The summed E-state index contributed by atoms with van der Waals surface area (Å²) in [7, 11) is 0. The lowest BCUT2D eigenvalue weighted by atomic mass is 10.1. The number of ether oxygens (including phenoxy) is 1. The monoisotopic (exact) mass is 264 g/mol. The smallest absolute Gasteiger partial charge is 0.257 e. The third-order valence-electron chi connectivity index (χ3n) is 2.83. The van der Waals surface area contributed by atoms with E-state index in [0.717, 1.165) is 18.7 Å². The molecule has 0 heterocycles. The van der Waals surface area contributed by atoms with Gasteiger partial charge in [-0.05, 0) is 37.6 Å². The van der Waals surface area contributed by atoms with Crippen molar-refractivity contribution in [3.05, 3.63) is 29.8 Å². The molecule has 0 saturated carbocycles. The minimum atomic E-state index is -0.0769. The second-order valence-electron chi connectivity index (χ2n) is 4.49. The van der Waals surface area contributed by atoms with E-state index in [1.807, 2.05) is 31.2 Å². The fourth-order valence-corrected chi connectivity index (χ4v) is 1.74. The van der Waals surface area contributed by atoms with Crippen LogP contribution in [0, 0.1) is 0 Å². The van der Waals surface area contributed by atoms with E-state index in [1.165, 1.54) is 5.56 Å². The summed E-state index contributed by atoms with van der Waals surface area (Å²) < 4.78 is 5.43. The van der Waals surface area contributed by atoms with Crippen LogP contribution in [0.15, 0.2) is 24.3 Å². The van der Waals surface area contributed by atoms with Gasteiger partial charge in [-0.3, -0.25) is 4.79 Å². The molecule has 1 amide bonds. The van der Waals surface area contributed by atoms with Gasteiger partial charge < -0.3 is 15.4 Å². The van der Waals surface area contributed by atoms with E-state index < -0.39 is 0 Å². The van der Waals surface area contributed by atoms with Crippen LogP contribution >= 0.6 is 0 Å². The van der Waals surface area contributed by atoms with Gasteiger partial charge in [-0.1, -0.05) is 26.0 Å². The van der Waals surface area contributed by atoms with Crippen molar-refractivity contribution >= 4 is 5.91 Å². The standard InChI is InChI=1S/C15H24N2O2/c1-4-10-17-15(18)11-19-14-8-6-13(7-9-14)12(3)16-5-2/h6-9,12,16H,4-5,10-11H2,1-3H3,(H,17,18). The number of benzene rings is 1. The summed E-state index contributed by atoms with van der Waals surface area (Å²) in [4.78, 5) is 11.4. The maximum absolute atomic E-state index is 11.4. The van der Waals surface area contributed by atoms with Gasteiger partial charge in [0, 0.05) is 12.6 Å². The van der Waals surface area contributed by atoms with E-state index in [1.54, 1.807) is 0 Å². The minimum Gasteiger partial charge on any atom is -0.484 e. The molecule has 4 nitrogen and oxygen atoms in total. The third-order valence-corrected chi connectivity index (χ3v) is 2.83. The van der Waals surface area contributed by atoms with Crippen molar-refractivity contribution in [1.29, 1.82) is 0 Å². The summed E-state index contributed by atoms with van der Waals surface area (Å²) in [5, 5.41) is 6.12. The maximum atomic E-state index is 11.4. The molecule has 0 aliphatic carbocycles. The zero-order valence-corrected chi connectivity index (χ0v) is 12.0. The molecule has 0 aliphatic heterocycles. The summed E-state index contributed by atoms with van der Waals surface area (Å²) in [6.07, 6.45) is 0.933. The molecule has 4 heteroatoms. The van der Waals surface area contributed by atoms with Crippen molar-refractivity contribution in [2.75, 3.05) is 19.7 Å². The van der Waals surface area contributed by atoms with Crippen molar-refractivity contribution in [2.45, 2.75) is 33.2 Å². The number of nitrogens with one attached hydrogen (secondary N) is 2. The van der Waals surface area contributed by atoms with Gasteiger partial charge in [0.25, 0.3) is 5.91 Å². The average molecular weight is 264 g/mol. The Kier molecular flexibility index (Phi) is 6.97. The van der Waals surface area contributed by atoms with Crippen LogP contribution in [-0.2, 0) is 4.79 Å². The van der Waals surface area contributed by atoms with E-state index >= 15 is 0 Å². The second kappa shape index (κ2) is 8.53. The van der Waals surface area contributed by atoms with Gasteiger partial charge in [-0.25, -0.2) is 0 Å². The van der Waals surface area contributed by atoms with Crippen molar-refractivity contribution in [3.8, 4) is 5.75 Å². The summed E-state index contributed by atoms with van der Waals surface area (Å²) in [5.74, 6) is 0.644. The van der Waals surface area contributed by atoms with Gasteiger partial charge in [0.15, 0.2) is 6.61 Å². The Morgan fingerprint density at radius 2 is 1.95 bits per heavy atom. The van der Waals surface area contributed by atoms with Crippen LogP contribution in [0.2, 0.25) is 0 Å². The summed E-state index contributed by atoms with van der Waals surface area (Å²) in [5.41, 5.74) is 1.21. The quantitative estimate of drug-likeness (QED) is 0.757. The van der Waals surface area contributed by atoms with E-state index in [-0.39, 0.29) is 12.5 Å². The van der Waals surface area contributed by atoms with E-state index in [9.17, 15) is 4.79 Å². The zero-order chi connectivity index (χ0) is 14.1. The highest BCUT2D eigenvalue weighted by atomic mass is 16.5. The predicted octanol–water partition coefficient (Wildman–Crippen LogP) is 2.26. The first-order chi connectivity index (χ1) is 9.17. The molecule has 0 aliphatic rings. The molecular weight excluding hydrogens is 240 g/mol. The molecule has 0 saturated heterocycles. The first-order valence-electron chi connectivity index (χ1n) is 6.90. The lowest BCUT2D eigenvalue weighted by Crippen LogP contribution is -2.29. The number of hydrogen-bond donors (Lipinski definition) is 2. The molecule has 1 rings (SSSR count). The molecule has 2 N–H and O–H groups in total. The van der Waals surface area contributed by atoms with Gasteiger partial charge in [0.1, 0.15) is 5.75 Å². The van der Waals surface area contributed by atoms with Gasteiger partial charge in [0.2, 0.25) is 0 Å². The topological polar surface area (TPSA) is 50.4 Å². The van der Waals surface area contributed by atoms with E-state index in [4.69, 9.17) is 4.74 Å². The molecule has 0 radical (unpaired) electrons. The molecular formula is C15H24N2O2. The third kappa shape index (κ3) is 5.75. The highest BCUT2D eigenvalue weighted by molar-refractivity contribution is 5.77. The number of amides is 1. The molecule has 0 fully saturated rings. The Labute approximate surface area is 115 Å². The number of hydrogen-bond acceptors (Lipinski definition) is 3. The minimum absolute atomic E-state index is 0.0715. The summed E-state index contributed by atoms with van der Waals surface area (Å²) >= 11 is 0. The Bertz CT molecular complexity index is 376. The first-order valence-corrected chi connectivity index (χ1v) is 6.90. The van der Waals surface area contributed by atoms with Crippen molar-refractivity contribution in [2.24, 2.45) is 0 Å². The van der Waals surface area contributed by atoms with Crippen LogP contribution in [-0.4, -0.2) is 25.6 Å². The lowest BCUT2D eigenvalue weighted by molar-refractivity contribution is -0.123. The van der Waals surface area contributed by atoms with Crippen LogP contribution in [0.25, 0.3) is 0 Å². The molecule has 1 aromatic carbocycles. The molecule has 19 heavy (non-hydrogen) atoms. The van der Waals surface area contributed by atoms with Crippen molar-refractivity contribution < 1.29 is 9.53 Å². The molecule has 0 spiro atoms. The predicted molar refractivity (Wildman–Crippen MR) is 77.3 cm³/mol. The highest BCUT2D eigenvalue weighted by Crippen LogP contribution is 2.17. The second-order valence-corrected chi connectivity index (χ2v) is 4.49. The van der Waals surface area contributed by atoms with E-state index in [0.29, 0.717) is 12.6 Å². The van der Waals surface area contributed by atoms with E-state index in [2.05, 4.69) is 24.5 Å². The highest BCUT2D eigenvalue weighted by Gasteiger charge is 2.05. The van der Waals surface area contributed by atoms with Gasteiger partial charge >= 0.3 is 0 Å². The maximum Gasteiger partial charge on any atom is 0.257 e. The fourth-order valence-electron chi connectivity index (χ4n) is 1.74. The number of rotatable bonds is 8. The molecule has 1 aromatic rings. The molecule has 0 bridgehead atoms. The first kappa shape index (κ1) is 15.5. The molecule has 106 valence electrons. The van der Waals surface area contributed by atoms with Crippen LogP contribution in [0.4, 0.5) is 0 Å². The molecule has 0 aromatic heterocycles. The summed E-state index contributed by atoms with van der Waals surface area (Å²) in [6.45, 7) is 7.94. The average Bonchev–Trinajstić information content (AvgIpc) is 2.43. The Morgan fingerprint density at radius 1 is 1.26 bits per heavy atom. The van der Waals surface area contributed by atoms with Crippen LogP contribution in [0.1, 0.15) is 38.8 Å². The Balaban J connectivity index is 2.41. The van der Waals surface area contributed by atoms with Crippen molar-refractivity contribution in [3.63, 3.8) is 0 Å². The Morgan fingerprint density at radius 3 is 2.53 bits per heavy atom. The normalized spacial score (nSPS) is 11.9. The Hall–Kier alpha value is -1.55. The molecule has 1 atom stereocenters. The largest absolute Gasteiger partial charge is 0.484 e. The number of carbonyl (C=O) groups is 1. The van der Waals surface area contributed by atoms with Gasteiger partial charge in [-0.15, -0.1) is 0 Å². The lowest BCUT2D eigenvalue weighted by Gasteiger charge is -2.13. The molecule has 1 unspecified atom stereocenters. The zero-order valence-electron chi connectivity index (χ0n) is 12.0. The van der Waals surface area contributed by atoms with Gasteiger partial charge in [0.05, 0.1) is 0 Å².